The van der Waals surface area contributed by atoms with Gasteiger partial charge in [0.1, 0.15) is 22.7 Å². The molecule has 0 spiro atoms. The largest absolute Gasteiger partial charge is 0.489 e. The minimum Gasteiger partial charge on any atom is -0.489 e. The van der Waals surface area contributed by atoms with Crippen LogP contribution in [0.3, 0.4) is 0 Å². The third-order valence-corrected chi connectivity index (χ3v) is 2.62. The van der Waals surface area contributed by atoms with E-state index in [1.807, 2.05) is 6.92 Å². The Labute approximate surface area is 99.1 Å². The molecular formula is C11H12Cl2O2. The van der Waals surface area contributed by atoms with E-state index in [-0.39, 0.29) is 11.9 Å². The summed E-state index contributed by atoms with van der Waals surface area (Å²) < 4.78 is 5.50. The molecule has 0 bridgehead atoms. The van der Waals surface area contributed by atoms with Gasteiger partial charge in [-0.1, -0.05) is 29.3 Å². The molecule has 0 aromatic heterocycles. The van der Waals surface area contributed by atoms with Crippen LogP contribution in [0.25, 0.3) is 0 Å². The number of ether oxygens (including phenoxy) is 1. The summed E-state index contributed by atoms with van der Waals surface area (Å²) in [6, 6.07) is 5.17. The molecule has 1 aromatic carbocycles. The van der Waals surface area contributed by atoms with E-state index in [4.69, 9.17) is 27.9 Å². The van der Waals surface area contributed by atoms with Gasteiger partial charge in [-0.2, -0.15) is 0 Å². The van der Waals surface area contributed by atoms with Crippen molar-refractivity contribution in [2.24, 2.45) is 0 Å². The van der Waals surface area contributed by atoms with Crippen LogP contribution in [-0.2, 0) is 4.79 Å². The lowest BCUT2D eigenvalue weighted by Gasteiger charge is -2.14. The van der Waals surface area contributed by atoms with Crippen molar-refractivity contribution in [1.29, 1.82) is 0 Å². The summed E-state index contributed by atoms with van der Waals surface area (Å²) in [5.41, 5.74) is 0. The minimum absolute atomic E-state index is 0.0839. The lowest BCUT2D eigenvalue weighted by Crippen LogP contribution is -2.15. The van der Waals surface area contributed by atoms with E-state index in [1.54, 1.807) is 18.2 Å². The monoisotopic (exact) mass is 246 g/mol. The number of hydrogen-bond acceptors (Lipinski definition) is 2. The Bertz CT molecular complexity index is 364. The van der Waals surface area contributed by atoms with Gasteiger partial charge in [-0.3, -0.25) is 4.79 Å². The predicted molar refractivity (Wildman–Crippen MR) is 61.9 cm³/mol. The van der Waals surface area contributed by atoms with Crippen molar-refractivity contribution < 1.29 is 9.53 Å². The van der Waals surface area contributed by atoms with Gasteiger partial charge in [0.2, 0.25) is 0 Å². The van der Waals surface area contributed by atoms with E-state index in [0.29, 0.717) is 22.2 Å². The highest BCUT2D eigenvalue weighted by Gasteiger charge is 2.11. The summed E-state index contributed by atoms with van der Waals surface area (Å²) in [7, 11) is 0. The fourth-order valence-corrected chi connectivity index (χ4v) is 1.57. The highest BCUT2D eigenvalue weighted by Crippen LogP contribution is 2.32. The molecule has 1 unspecified atom stereocenters. The lowest BCUT2D eigenvalue weighted by molar-refractivity contribution is -0.118. The molecule has 1 rings (SSSR count). The van der Waals surface area contributed by atoms with Gasteiger partial charge in [0.15, 0.2) is 0 Å². The van der Waals surface area contributed by atoms with Crippen LogP contribution in [0.2, 0.25) is 10.0 Å². The van der Waals surface area contributed by atoms with Gasteiger partial charge in [0, 0.05) is 6.42 Å². The third kappa shape index (κ3) is 3.73. The number of benzene rings is 1. The van der Waals surface area contributed by atoms with Gasteiger partial charge in [-0.25, -0.2) is 0 Å². The first-order valence-corrected chi connectivity index (χ1v) is 5.36. The molecule has 0 saturated carbocycles. The normalized spacial score (nSPS) is 12.3. The highest BCUT2D eigenvalue weighted by molar-refractivity contribution is 6.42. The average Bonchev–Trinajstić information content (AvgIpc) is 2.11. The van der Waals surface area contributed by atoms with Crippen LogP contribution in [0.1, 0.15) is 20.3 Å². The van der Waals surface area contributed by atoms with Crippen LogP contribution in [0.15, 0.2) is 18.2 Å². The molecule has 0 radical (unpaired) electrons. The average molecular weight is 247 g/mol. The summed E-state index contributed by atoms with van der Waals surface area (Å²) >= 11 is 11.8. The molecule has 0 aliphatic carbocycles. The first-order chi connectivity index (χ1) is 7.00. The maximum Gasteiger partial charge on any atom is 0.139 e. The zero-order chi connectivity index (χ0) is 11.4. The second kappa shape index (κ2) is 5.38. The van der Waals surface area contributed by atoms with Crippen molar-refractivity contribution in [2.75, 3.05) is 0 Å². The Morgan fingerprint density at radius 2 is 2.13 bits per heavy atom. The number of ketones is 1. The van der Waals surface area contributed by atoms with E-state index in [0.717, 1.165) is 0 Å². The predicted octanol–water partition coefficient (Wildman–Crippen LogP) is 3.74. The number of carbonyl (C=O) groups is 1. The molecule has 0 heterocycles. The summed E-state index contributed by atoms with van der Waals surface area (Å²) in [4.78, 5) is 10.9. The number of Topliss-reactive ketones (excluding diaryl/α,β-unsaturated/α-hetero) is 1. The molecule has 0 aliphatic rings. The molecule has 2 nitrogen and oxygen atoms in total. The lowest BCUT2D eigenvalue weighted by atomic mass is 10.2. The zero-order valence-corrected chi connectivity index (χ0v) is 10.1. The van der Waals surface area contributed by atoms with Crippen molar-refractivity contribution in [2.45, 2.75) is 26.4 Å². The number of carbonyl (C=O) groups excluding carboxylic acids is 1. The number of hydrogen-bond donors (Lipinski definition) is 0. The molecule has 82 valence electrons. The van der Waals surface area contributed by atoms with Crippen molar-refractivity contribution >= 4 is 29.0 Å². The molecular weight excluding hydrogens is 235 g/mol. The summed E-state index contributed by atoms with van der Waals surface area (Å²) in [5.74, 6) is 0.596. The van der Waals surface area contributed by atoms with E-state index in [9.17, 15) is 4.79 Å². The van der Waals surface area contributed by atoms with Gasteiger partial charge in [0.25, 0.3) is 0 Å². The first-order valence-electron chi connectivity index (χ1n) is 4.61. The molecule has 1 atom stereocenters. The topological polar surface area (TPSA) is 26.3 Å². The van der Waals surface area contributed by atoms with Gasteiger partial charge < -0.3 is 4.74 Å². The maximum absolute atomic E-state index is 10.9. The highest BCUT2D eigenvalue weighted by atomic mass is 35.5. The van der Waals surface area contributed by atoms with Crippen LogP contribution in [0.4, 0.5) is 0 Å². The molecule has 0 amide bonds. The van der Waals surface area contributed by atoms with Crippen molar-refractivity contribution in [1.82, 2.24) is 0 Å². The molecule has 4 heteroatoms. The summed E-state index contributed by atoms with van der Waals surface area (Å²) in [5, 5.41) is 0.832. The number of rotatable bonds is 4. The third-order valence-electron chi connectivity index (χ3n) is 1.82. The van der Waals surface area contributed by atoms with Crippen molar-refractivity contribution in [3.8, 4) is 5.75 Å². The van der Waals surface area contributed by atoms with Crippen molar-refractivity contribution in [3.05, 3.63) is 28.2 Å². The maximum atomic E-state index is 10.9. The molecule has 0 fully saturated rings. The van der Waals surface area contributed by atoms with E-state index < -0.39 is 0 Å². The van der Waals surface area contributed by atoms with Crippen LogP contribution in [0, 0.1) is 0 Å². The minimum atomic E-state index is -0.196. The van der Waals surface area contributed by atoms with Gasteiger partial charge in [0.05, 0.1) is 5.02 Å². The Kier molecular flexibility index (Phi) is 4.43. The Hall–Kier alpha value is -0.730. The second-order valence-corrected chi connectivity index (χ2v) is 4.17. The van der Waals surface area contributed by atoms with E-state index in [2.05, 4.69) is 0 Å². The van der Waals surface area contributed by atoms with Crippen LogP contribution < -0.4 is 4.74 Å². The second-order valence-electron chi connectivity index (χ2n) is 3.39. The Morgan fingerprint density at radius 1 is 1.47 bits per heavy atom. The van der Waals surface area contributed by atoms with E-state index in [1.165, 1.54) is 6.92 Å². The zero-order valence-electron chi connectivity index (χ0n) is 8.59. The van der Waals surface area contributed by atoms with Gasteiger partial charge >= 0.3 is 0 Å². The Balaban J connectivity index is 2.72. The fourth-order valence-electron chi connectivity index (χ4n) is 1.24. The first kappa shape index (κ1) is 12.3. The fraction of sp³-hybridized carbons (Fsp3) is 0.364. The molecule has 15 heavy (non-hydrogen) atoms. The molecule has 1 aromatic rings. The van der Waals surface area contributed by atoms with Crippen LogP contribution in [0.5, 0.6) is 5.75 Å². The smallest absolute Gasteiger partial charge is 0.139 e. The standard InChI is InChI=1S/C11H12Cl2O2/c1-7(14)6-8(2)15-10-5-3-4-9(12)11(10)13/h3-5,8H,6H2,1-2H3. The van der Waals surface area contributed by atoms with Crippen molar-refractivity contribution in [3.63, 3.8) is 0 Å². The van der Waals surface area contributed by atoms with Gasteiger partial charge in [-0.15, -0.1) is 0 Å². The van der Waals surface area contributed by atoms with E-state index >= 15 is 0 Å². The Morgan fingerprint density at radius 3 is 2.73 bits per heavy atom. The molecule has 0 aliphatic heterocycles. The number of halogens is 2. The molecule has 0 saturated heterocycles. The summed E-state index contributed by atoms with van der Waals surface area (Å²) in [6.07, 6.45) is 0.168. The van der Waals surface area contributed by atoms with Crippen LogP contribution in [-0.4, -0.2) is 11.9 Å². The summed E-state index contributed by atoms with van der Waals surface area (Å²) in [6.45, 7) is 3.35. The molecule has 0 N–H and O–H groups in total. The SMILES string of the molecule is CC(=O)CC(C)Oc1cccc(Cl)c1Cl. The van der Waals surface area contributed by atoms with Crippen LogP contribution >= 0.6 is 23.2 Å². The quantitative estimate of drug-likeness (QED) is 0.810. The van der Waals surface area contributed by atoms with Gasteiger partial charge in [-0.05, 0) is 26.0 Å².